The number of carbonyl (C=O) groups is 1. The number of benzene rings is 3. The van der Waals surface area contributed by atoms with Crippen molar-refractivity contribution in [2.24, 2.45) is 0 Å². The lowest BCUT2D eigenvalue weighted by Crippen LogP contribution is -2.39. The molecule has 0 unspecified atom stereocenters. The largest absolute Gasteiger partial charge is 0.420 e. The van der Waals surface area contributed by atoms with Crippen molar-refractivity contribution in [2.45, 2.75) is 6.54 Å². The highest BCUT2D eigenvalue weighted by molar-refractivity contribution is 9.10. The van der Waals surface area contributed by atoms with Crippen molar-refractivity contribution < 1.29 is 14.1 Å². The van der Waals surface area contributed by atoms with Crippen molar-refractivity contribution in [3.63, 3.8) is 0 Å². The van der Waals surface area contributed by atoms with Gasteiger partial charge in [-0.2, -0.15) is 4.57 Å². The molecule has 1 heterocycles. The molecule has 0 aliphatic heterocycles. The van der Waals surface area contributed by atoms with Crippen LogP contribution in [0.2, 0.25) is 0 Å². The predicted octanol–water partition coefficient (Wildman–Crippen LogP) is 5.22. The Morgan fingerprint density at radius 2 is 1.62 bits per heavy atom. The Morgan fingerprint density at radius 3 is 2.38 bits per heavy atom. The second-order valence-electron chi connectivity index (χ2n) is 5.79. The Labute approximate surface area is 163 Å². The van der Waals surface area contributed by atoms with Gasteiger partial charge in [0.15, 0.2) is 6.54 Å². The Hall–Kier alpha value is -2.50. The number of esters is 1. The van der Waals surface area contributed by atoms with Crippen molar-refractivity contribution in [3.05, 3.63) is 93.9 Å². The lowest BCUT2D eigenvalue weighted by Gasteiger charge is -2.03. The van der Waals surface area contributed by atoms with Gasteiger partial charge in [-0.25, -0.2) is 4.79 Å². The summed E-state index contributed by atoms with van der Waals surface area (Å²) in [5.41, 5.74) is 2.17. The predicted molar refractivity (Wildman–Crippen MR) is 107 cm³/mol. The number of fused-ring (bicyclic) bond motifs is 1. The lowest BCUT2D eigenvalue weighted by atomic mass is 10.2. The van der Waals surface area contributed by atoms with Gasteiger partial charge in [-0.15, -0.1) is 0 Å². The Kier molecular flexibility index (Phi) is 4.82. The van der Waals surface area contributed by atoms with Crippen LogP contribution in [0.1, 0.15) is 15.4 Å². The third-order valence-corrected chi connectivity index (χ3v) is 5.66. The number of aromatic nitrogens is 1. The molecule has 4 aromatic rings. The van der Waals surface area contributed by atoms with Crippen LogP contribution in [0.4, 0.5) is 0 Å². The van der Waals surface area contributed by atoms with E-state index in [1.807, 2.05) is 59.2 Å². The summed E-state index contributed by atoms with van der Waals surface area (Å²) in [7, 11) is 0. The third-order valence-electron chi connectivity index (χ3n) is 3.99. The SMILES string of the molecule is O=C(Oc1ccc(Br)cc1)c1sc2ccccc2[n+]1Cc1ccccc1. The average Bonchev–Trinajstić information content (AvgIpc) is 3.03. The molecule has 0 saturated heterocycles. The molecule has 3 aromatic carbocycles. The van der Waals surface area contributed by atoms with Crippen LogP contribution in [0.15, 0.2) is 83.3 Å². The van der Waals surface area contributed by atoms with E-state index in [0.29, 0.717) is 17.3 Å². The van der Waals surface area contributed by atoms with Crippen molar-refractivity contribution in [3.8, 4) is 5.75 Å². The molecule has 0 N–H and O–H groups in total. The first kappa shape index (κ1) is 16.9. The maximum Gasteiger partial charge on any atom is 0.420 e. The summed E-state index contributed by atoms with van der Waals surface area (Å²) in [5, 5.41) is 0.581. The zero-order chi connectivity index (χ0) is 17.9. The molecule has 0 fully saturated rings. The van der Waals surface area contributed by atoms with Gasteiger partial charge in [0, 0.05) is 16.1 Å². The Balaban J connectivity index is 1.72. The van der Waals surface area contributed by atoms with E-state index < -0.39 is 0 Å². The van der Waals surface area contributed by atoms with Gasteiger partial charge in [0.2, 0.25) is 5.52 Å². The van der Waals surface area contributed by atoms with Crippen LogP contribution in [0.5, 0.6) is 5.75 Å². The van der Waals surface area contributed by atoms with Crippen LogP contribution in [0, 0.1) is 0 Å². The maximum absolute atomic E-state index is 12.8. The fraction of sp³-hybridized carbons (Fsp3) is 0.0476. The second kappa shape index (κ2) is 7.40. The molecule has 0 atom stereocenters. The topological polar surface area (TPSA) is 30.2 Å². The number of para-hydroxylation sites is 1. The fourth-order valence-electron chi connectivity index (χ4n) is 2.76. The molecule has 0 aliphatic rings. The molecule has 128 valence electrons. The first-order valence-corrected chi connectivity index (χ1v) is 9.75. The van der Waals surface area contributed by atoms with Gasteiger partial charge in [0.1, 0.15) is 10.4 Å². The summed E-state index contributed by atoms with van der Waals surface area (Å²) in [6.45, 7) is 0.621. The highest BCUT2D eigenvalue weighted by Gasteiger charge is 2.28. The molecule has 0 aliphatic carbocycles. The van der Waals surface area contributed by atoms with E-state index in [2.05, 4.69) is 28.1 Å². The highest BCUT2D eigenvalue weighted by atomic mass is 79.9. The standard InChI is InChI=1S/C21H15BrNO2S/c22-16-10-12-17(13-11-16)25-21(24)20-23(14-15-6-2-1-3-7-15)18-8-4-5-9-19(18)26-20/h1-13H,14H2/q+1. The van der Waals surface area contributed by atoms with E-state index in [0.717, 1.165) is 20.3 Å². The molecule has 4 rings (SSSR count). The summed E-state index contributed by atoms with van der Waals surface area (Å²) in [6, 6.07) is 25.4. The number of hydrogen-bond acceptors (Lipinski definition) is 3. The number of ether oxygens (including phenoxy) is 1. The highest BCUT2D eigenvalue weighted by Crippen LogP contribution is 2.23. The van der Waals surface area contributed by atoms with Gasteiger partial charge < -0.3 is 4.74 Å². The lowest BCUT2D eigenvalue weighted by molar-refractivity contribution is -0.660. The van der Waals surface area contributed by atoms with Crippen molar-refractivity contribution in [1.82, 2.24) is 0 Å². The number of hydrogen-bond donors (Lipinski definition) is 0. The molecule has 0 spiro atoms. The molecule has 0 bridgehead atoms. The van der Waals surface area contributed by atoms with E-state index in [1.54, 1.807) is 12.1 Å². The number of rotatable bonds is 4. The van der Waals surface area contributed by atoms with Crippen LogP contribution in [0.25, 0.3) is 10.2 Å². The molecule has 5 heteroatoms. The van der Waals surface area contributed by atoms with E-state index in [1.165, 1.54) is 11.3 Å². The van der Waals surface area contributed by atoms with Crippen LogP contribution in [0.3, 0.4) is 0 Å². The van der Waals surface area contributed by atoms with E-state index in [-0.39, 0.29) is 5.97 Å². The van der Waals surface area contributed by atoms with Crippen LogP contribution >= 0.6 is 27.3 Å². The number of halogens is 1. The van der Waals surface area contributed by atoms with Crippen LogP contribution in [-0.4, -0.2) is 5.97 Å². The molecule has 0 amide bonds. The monoisotopic (exact) mass is 424 g/mol. The number of thiazole rings is 1. The second-order valence-corrected chi connectivity index (χ2v) is 7.74. The fourth-order valence-corrected chi connectivity index (χ4v) is 4.06. The molecule has 1 aromatic heterocycles. The van der Waals surface area contributed by atoms with Crippen molar-refractivity contribution in [1.29, 1.82) is 0 Å². The molecule has 3 nitrogen and oxygen atoms in total. The zero-order valence-electron chi connectivity index (χ0n) is 13.8. The normalized spacial score (nSPS) is 10.8. The Morgan fingerprint density at radius 1 is 0.923 bits per heavy atom. The summed E-state index contributed by atoms with van der Waals surface area (Å²) < 4.78 is 9.62. The number of carbonyl (C=O) groups excluding carboxylic acids is 1. The number of nitrogens with zero attached hydrogens (tertiary/aromatic N) is 1. The van der Waals surface area contributed by atoms with Gasteiger partial charge in [-0.05, 0) is 30.3 Å². The summed E-state index contributed by atoms with van der Waals surface area (Å²) in [5.74, 6) is 0.186. The molecule has 26 heavy (non-hydrogen) atoms. The average molecular weight is 425 g/mol. The molecule has 0 radical (unpaired) electrons. The first-order valence-electron chi connectivity index (χ1n) is 8.14. The maximum atomic E-state index is 12.8. The van der Waals surface area contributed by atoms with Crippen molar-refractivity contribution >= 4 is 43.5 Å². The minimum Gasteiger partial charge on any atom is -0.418 e. The molecule has 0 saturated carbocycles. The summed E-state index contributed by atoms with van der Waals surface area (Å²) in [4.78, 5) is 12.8. The van der Waals surface area contributed by atoms with Gasteiger partial charge >= 0.3 is 11.0 Å². The summed E-state index contributed by atoms with van der Waals surface area (Å²) >= 11 is 4.84. The van der Waals surface area contributed by atoms with E-state index in [9.17, 15) is 4.79 Å². The zero-order valence-corrected chi connectivity index (χ0v) is 16.2. The summed E-state index contributed by atoms with van der Waals surface area (Å²) in [6.07, 6.45) is 0. The van der Waals surface area contributed by atoms with E-state index >= 15 is 0 Å². The van der Waals surface area contributed by atoms with E-state index in [4.69, 9.17) is 4.74 Å². The third kappa shape index (κ3) is 3.54. The van der Waals surface area contributed by atoms with Crippen LogP contribution < -0.4 is 9.30 Å². The van der Waals surface area contributed by atoms with Crippen LogP contribution in [-0.2, 0) is 6.54 Å². The molecular formula is C21H15BrNO2S+. The van der Waals surface area contributed by atoms with Gasteiger partial charge in [-0.1, -0.05) is 69.7 Å². The Bertz CT molecular complexity index is 1060. The van der Waals surface area contributed by atoms with Crippen molar-refractivity contribution in [2.75, 3.05) is 0 Å². The molecular weight excluding hydrogens is 410 g/mol. The smallest absolute Gasteiger partial charge is 0.418 e. The van der Waals surface area contributed by atoms with Gasteiger partial charge in [-0.3, -0.25) is 0 Å². The minimum absolute atomic E-state index is 0.343. The van der Waals surface area contributed by atoms with Gasteiger partial charge in [0.25, 0.3) is 0 Å². The van der Waals surface area contributed by atoms with Gasteiger partial charge in [0.05, 0.1) is 0 Å². The first-order chi connectivity index (χ1) is 12.7. The quantitative estimate of drug-likeness (QED) is 0.255. The minimum atomic E-state index is -0.343.